The quantitative estimate of drug-likeness (QED) is 0.449. The van der Waals surface area contributed by atoms with Gasteiger partial charge in [0.15, 0.2) is 0 Å². The van der Waals surface area contributed by atoms with Gasteiger partial charge in [-0.3, -0.25) is 0 Å². The van der Waals surface area contributed by atoms with Crippen LogP contribution in [0.2, 0.25) is 0 Å². The third-order valence-electron chi connectivity index (χ3n) is 2.89. The maximum absolute atomic E-state index is 10.0. The highest BCUT2D eigenvalue weighted by atomic mass is 17.0. The van der Waals surface area contributed by atoms with Crippen molar-refractivity contribution >= 4 is 0 Å². The standard InChI is InChI=1S/C7H11NO3/c9-8(10)11-7-4-5-1-2-6(7)3-5/h5-7H,1-4H2. The Morgan fingerprint density at radius 2 is 2.18 bits per heavy atom. The van der Waals surface area contributed by atoms with Gasteiger partial charge in [0.2, 0.25) is 0 Å². The van der Waals surface area contributed by atoms with E-state index in [1.54, 1.807) is 0 Å². The van der Waals surface area contributed by atoms with Crippen molar-refractivity contribution in [2.24, 2.45) is 11.8 Å². The minimum Gasteiger partial charge on any atom is -0.310 e. The molecule has 4 nitrogen and oxygen atoms in total. The third kappa shape index (κ3) is 1.17. The van der Waals surface area contributed by atoms with Gasteiger partial charge in [-0.05, 0) is 31.1 Å². The molecule has 2 aliphatic rings. The smallest absolute Gasteiger partial charge is 0.294 e. The molecule has 0 amide bonds. The highest BCUT2D eigenvalue weighted by molar-refractivity contribution is 4.90. The largest absolute Gasteiger partial charge is 0.310 e. The Morgan fingerprint density at radius 1 is 1.36 bits per heavy atom. The predicted octanol–water partition coefficient (Wildman–Crippen LogP) is 1.38. The van der Waals surface area contributed by atoms with Crippen molar-refractivity contribution in [1.82, 2.24) is 0 Å². The predicted molar refractivity (Wildman–Crippen MR) is 37.3 cm³/mol. The molecule has 2 rings (SSSR count). The van der Waals surface area contributed by atoms with E-state index in [0.29, 0.717) is 11.8 Å². The molecule has 0 N–H and O–H groups in total. The van der Waals surface area contributed by atoms with Crippen LogP contribution in [-0.4, -0.2) is 11.2 Å². The molecule has 2 aliphatic carbocycles. The Balaban J connectivity index is 1.92. The summed E-state index contributed by atoms with van der Waals surface area (Å²) in [6.45, 7) is 0. The van der Waals surface area contributed by atoms with Crippen LogP contribution in [0.4, 0.5) is 0 Å². The van der Waals surface area contributed by atoms with Gasteiger partial charge in [0, 0.05) is 0 Å². The maximum Gasteiger partial charge on any atom is 0.294 e. The molecule has 2 saturated carbocycles. The lowest BCUT2D eigenvalue weighted by Gasteiger charge is -2.18. The Morgan fingerprint density at radius 3 is 2.64 bits per heavy atom. The van der Waals surface area contributed by atoms with Gasteiger partial charge in [0.25, 0.3) is 5.09 Å². The average molecular weight is 157 g/mol. The zero-order chi connectivity index (χ0) is 7.84. The molecular formula is C7H11NO3. The van der Waals surface area contributed by atoms with Gasteiger partial charge < -0.3 is 4.84 Å². The fourth-order valence-electron chi connectivity index (χ4n) is 2.43. The number of fused-ring (bicyclic) bond motifs is 2. The molecule has 0 radical (unpaired) electrons. The molecule has 3 unspecified atom stereocenters. The third-order valence-corrected chi connectivity index (χ3v) is 2.89. The molecule has 0 aromatic carbocycles. The summed E-state index contributed by atoms with van der Waals surface area (Å²) in [5, 5.41) is 9.37. The lowest BCUT2D eigenvalue weighted by Crippen LogP contribution is -2.23. The fourth-order valence-corrected chi connectivity index (χ4v) is 2.43. The summed E-state index contributed by atoms with van der Waals surface area (Å²) in [7, 11) is 0. The van der Waals surface area contributed by atoms with Crippen molar-refractivity contribution < 1.29 is 9.92 Å². The molecule has 0 aliphatic heterocycles. The number of hydrogen-bond donors (Lipinski definition) is 0. The number of rotatable bonds is 2. The van der Waals surface area contributed by atoms with Crippen LogP contribution < -0.4 is 0 Å². The highest BCUT2D eigenvalue weighted by Crippen LogP contribution is 2.45. The summed E-state index contributed by atoms with van der Waals surface area (Å²) >= 11 is 0. The molecule has 2 bridgehead atoms. The minimum absolute atomic E-state index is 0.0799. The summed E-state index contributed by atoms with van der Waals surface area (Å²) in [5.74, 6) is 1.19. The second kappa shape index (κ2) is 2.36. The van der Waals surface area contributed by atoms with Crippen molar-refractivity contribution in [2.45, 2.75) is 31.8 Å². The van der Waals surface area contributed by atoms with E-state index in [0.717, 1.165) is 19.3 Å². The Hall–Kier alpha value is -0.800. The van der Waals surface area contributed by atoms with E-state index in [-0.39, 0.29) is 6.10 Å². The number of hydrogen-bond acceptors (Lipinski definition) is 3. The average Bonchev–Trinajstić information content (AvgIpc) is 2.45. The van der Waals surface area contributed by atoms with E-state index in [9.17, 15) is 10.1 Å². The maximum atomic E-state index is 10.0. The minimum atomic E-state index is -0.647. The summed E-state index contributed by atoms with van der Waals surface area (Å²) < 4.78 is 0. The van der Waals surface area contributed by atoms with E-state index in [2.05, 4.69) is 4.84 Å². The molecule has 0 spiro atoms. The van der Waals surface area contributed by atoms with Crippen LogP contribution in [0.15, 0.2) is 0 Å². The van der Waals surface area contributed by atoms with Crippen LogP contribution in [0.1, 0.15) is 25.7 Å². The molecule has 3 atom stereocenters. The van der Waals surface area contributed by atoms with Crippen LogP contribution >= 0.6 is 0 Å². The molecule has 62 valence electrons. The first-order valence-electron chi connectivity index (χ1n) is 4.07. The van der Waals surface area contributed by atoms with Crippen molar-refractivity contribution in [1.29, 1.82) is 0 Å². The fraction of sp³-hybridized carbons (Fsp3) is 1.00. The molecule has 0 aromatic heterocycles. The molecule has 2 fully saturated rings. The van der Waals surface area contributed by atoms with E-state index >= 15 is 0 Å². The van der Waals surface area contributed by atoms with E-state index in [1.165, 1.54) is 6.42 Å². The van der Waals surface area contributed by atoms with Crippen molar-refractivity contribution in [2.75, 3.05) is 0 Å². The van der Waals surface area contributed by atoms with E-state index < -0.39 is 5.09 Å². The van der Waals surface area contributed by atoms with Gasteiger partial charge in [-0.1, -0.05) is 6.42 Å². The lowest BCUT2D eigenvalue weighted by molar-refractivity contribution is -0.770. The molecule has 4 heteroatoms. The van der Waals surface area contributed by atoms with Crippen LogP contribution in [0.5, 0.6) is 0 Å². The van der Waals surface area contributed by atoms with E-state index in [4.69, 9.17) is 0 Å². The second-order valence-corrected chi connectivity index (χ2v) is 3.54. The molecule has 11 heavy (non-hydrogen) atoms. The van der Waals surface area contributed by atoms with Crippen LogP contribution in [0.25, 0.3) is 0 Å². The summed E-state index contributed by atoms with van der Waals surface area (Å²) in [5.41, 5.74) is 0. The first-order chi connectivity index (χ1) is 5.25. The van der Waals surface area contributed by atoms with Crippen molar-refractivity contribution in [3.05, 3.63) is 10.1 Å². The first kappa shape index (κ1) is 6.88. The van der Waals surface area contributed by atoms with Crippen LogP contribution in [-0.2, 0) is 4.84 Å². The normalized spacial score (nSPS) is 40.9. The second-order valence-electron chi connectivity index (χ2n) is 3.54. The molecule has 0 aromatic rings. The first-order valence-corrected chi connectivity index (χ1v) is 4.07. The van der Waals surface area contributed by atoms with Gasteiger partial charge in [0.1, 0.15) is 6.10 Å². The molecule has 0 saturated heterocycles. The zero-order valence-corrected chi connectivity index (χ0v) is 6.23. The Bertz CT molecular complexity index is 183. The summed E-state index contributed by atoms with van der Waals surface area (Å²) in [4.78, 5) is 14.6. The molecular weight excluding hydrogens is 146 g/mol. The van der Waals surface area contributed by atoms with Crippen LogP contribution in [0.3, 0.4) is 0 Å². The summed E-state index contributed by atoms with van der Waals surface area (Å²) in [6, 6.07) is 0. The summed E-state index contributed by atoms with van der Waals surface area (Å²) in [6.07, 6.45) is 4.36. The Labute approximate surface area is 64.6 Å². The Kier molecular flexibility index (Phi) is 1.47. The number of nitrogens with zero attached hydrogens (tertiary/aromatic N) is 1. The van der Waals surface area contributed by atoms with Crippen molar-refractivity contribution in [3.63, 3.8) is 0 Å². The zero-order valence-electron chi connectivity index (χ0n) is 6.23. The van der Waals surface area contributed by atoms with Gasteiger partial charge in [-0.2, -0.15) is 0 Å². The van der Waals surface area contributed by atoms with Gasteiger partial charge in [-0.15, -0.1) is 10.1 Å². The van der Waals surface area contributed by atoms with Crippen molar-refractivity contribution in [3.8, 4) is 0 Å². The van der Waals surface area contributed by atoms with Gasteiger partial charge in [-0.25, -0.2) is 0 Å². The SMILES string of the molecule is O=[N+]([O-])OC1CC2CCC1C2. The lowest BCUT2D eigenvalue weighted by atomic mass is 9.98. The van der Waals surface area contributed by atoms with E-state index in [1.807, 2.05) is 0 Å². The van der Waals surface area contributed by atoms with Gasteiger partial charge in [0.05, 0.1) is 0 Å². The van der Waals surface area contributed by atoms with Crippen LogP contribution in [0, 0.1) is 22.0 Å². The highest BCUT2D eigenvalue weighted by Gasteiger charge is 2.41. The molecule has 0 heterocycles. The monoisotopic (exact) mass is 157 g/mol. The van der Waals surface area contributed by atoms with Gasteiger partial charge >= 0.3 is 0 Å². The topological polar surface area (TPSA) is 52.4 Å².